The second-order valence-electron chi connectivity index (χ2n) is 8.26. The number of para-hydroxylation sites is 3. The van der Waals surface area contributed by atoms with Gasteiger partial charge in [-0.2, -0.15) is 0 Å². The van der Waals surface area contributed by atoms with E-state index < -0.39 is 0 Å². The zero-order chi connectivity index (χ0) is 20.3. The van der Waals surface area contributed by atoms with Crippen LogP contribution in [0.4, 0.5) is 10.5 Å². The molecule has 2 aliphatic heterocycles. The molecule has 2 aromatic rings. The summed E-state index contributed by atoms with van der Waals surface area (Å²) in [5.74, 6) is 2.51. The first kappa shape index (κ1) is 19.0. The molecule has 1 aliphatic carbocycles. The zero-order valence-corrected chi connectivity index (χ0v) is 17.2. The van der Waals surface area contributed by atoms with Crippen molar-refractivity contribution in [3.63, 3.8) is 0 Å². The molecule has 2 fully saturated rings. The molecule has 2 heterocycles. The fraction of sp³-hybridized carbons (Fsp3) is 0.417. The molecule has 30 heavy (non-hydrogen) atoms. The van der Waals surface area contributed by atoms with Gasteiger partial charge in [0.15, 0.2) is 5.75 Å². The van der Waals surface area contributed by atoms with Gasteiger partial charge in [0.25, 0.3) is 0 Å². The predicted molar refractivity (Wildman–Crippen MR) is 118 cm³/mol. The number of fused-ring (bicyclic) bond motifs is 2. The van der Waals surface area contributed by atoms with Gasteiger partial charge in [-0.1, -0.05) is 43.5 Å². The molecule has 0 unspecified atom stereocenters. The fourth-order valence-electron chi connectivity index (χ4n) is 4.54. The highest BCUT2D eigenvalue weighted by Crippen LogP contribution is 2.37. The topological polar surface area (TPSA) is 57.2 Å². The van der Waals surface area contributed by atoms with E-state index in [1.807, 2.05) is 47.4 Å². The van der Waals surface area contributed by atoms with Crippen molar-refractivity contribution in [3.05, 3.63) is 54.1 Å². The van der Waals surface area contributed by atoms with Gasteiger partial charge >= 0.3 is 6.03 Å². The van der Waals surface area contributed by atoms with Crippen molar-refractivity contribution in [2.75, 3.05) is 26.2 Å². The SMILES string of the molecule is O=C(NC1CCCCC1)N1CCN(C2=Nc3ccccc3Oc3ccccc32)CC1. The van der Waals surface area contributed by atoms with E-state index in [4.69, 9.17) is 9.73 Å². The van der Waals surface area contributed by atoms with Gasteiger partial charge < -0.3 is 19.9 Å². The monoisotopic (exact) mass is 404 g/mol. The van der Waals surface area contributed by atoms with Crippen LogP contribution in [0, 0.1) is 0 Å². The van der Waals surface area contributed by atoms with Crippen LogP contribution in [-0.2, 0) is 0 Å². The van der Waals surface area contributed by atoms with Crippen LogP contribution in [0.25, 0.3) is 0 Å². The fourth-order valence-corrected chi connectivity index (χ4v) is 4.54. The summed E-state index contributed by atoms with van der Waals surface area (Å²) in [6, 6.07) is 16.3. The number of carbonyl (C=O) groups is 1. The van der Waals surface area contributed by atoms with Crippen molar-refractivity contribution in [1.29, 1.82) is 0 Å². The van der Waals surface area contributed by atoms with E-state index in [0.717, 1.165) is 54.5 Å². The summed E-state index contributed by atoms with van der Waals surface area (Å²) in [5, 5.41) is 3.24. The summed E-state index contributed by atoms with van der Waals surface area (Å²) in [5.41, 5.74) is 1.83. The molecule has 1 saturated heterocycles. The third kappa shape index (κ3) is 3.86. The first-order chi connectivity index (χ1) is 14.8. The molecule has 6 nitrogen and oxygen atoms in total. The summed E-state index contributed by atoms with van der Waals surface area (Å²) in [7, 11) is 0. The summed E-state index contributed by atoms with van der Waals surface area (Å²) >= 11 is 0. The van der Waals surface area contributed by atoms with Gasteiger partial charge in [0, 0.05) is 32.2 Å². The minimum atomic E-state index is 0.0819. The second kappa shape index (κ2) is 8.38. The molecule has 0 bridgehead atoms. The van der Waals surface area contributed by atoms with Gasteiger partial charge in [0.2, 0.25) is 0 Å². The quantitative estimate of drug-likeness (QED) is 0.760. The smallest absolute Gasteiger partial charge is 0.317 e. The number of carbonyl (C=O) groups excluding carboxylic acids is 1. The Labute approximate surface area is 177 Å². The molecule has 2 amide bonds. The van der Waals surface area contributed by atoms with Gasteiger partial charge in [-0.25, -0.2) is 9.79 Å². The number of hydrogen-bond donors (Lipinski definition) is 1. The molecule has 0 spiro atoms. The number of urea groups is 1. The maximum atomic E-state index is 12.7. The molecule has 156 valence electrons. The third-order valence-electron chi connectivity index (χ3n) is 6.24. The van der Waals surface area contributed by atoms with Gasteiger partial charge in [0.1, 0.15) is 17.3 Å². The number of nitrogens with zero attached hydrogens (tertiary/aromatic N) is 3. The van der Waals surface area contributed by atoms with E-state index in [2.05, 4.69) is 16.3 Å². The van der Waals surface area contributed by atoms with Gasteiger partial charge in [-0.3, -0.25) is 0 Å². The number of amidine groups is 1. The van der Waals surface area contributed by atoms with Crippen LogP contribution in [0.2, 0.25) is 0 Å². The molecule has 3 aliphatic rings. The average Bonchev–Trinajstić information content (AvgIpc) is 2.96. The first-order valence-corrected chi connectivity index (χ1v) is 11.0. The van der Waals surface area contributed by atoms with E-state index in [0.29, 0.717) is 19.1 Å². The van der Waals surface area contributed by atoms with Crippen molar-refractivity contribution in [1.82, 2.24) is 15.1 Å². The summed E-state index contributed by atoms with van der Waals surface area (Å²) < 4.78 is 6.15. The van der Waals surface area contributed by atoms with Crippen molar-refractivity contribution in [2.45, 2.75) is 38.1 Å². The number of aliphatic imine (C=N–C) groups is 1. The molecule has 5 rings (SSSR count). The number of rotatable bonds is 1. The molecule has 0 aromatic heterocycles. The van der Waals surface area contributed by atoms with E-state index in [1.54, 1.807) is 0 Å². The minimum absolute atomic E-state index is 0.0819. The van der Waals surface area contributed by atoms with Gasteiger partial charge in [0.05, 0.1) is 5.56 Å². The highest BCUT2D eigenvalue weighted by molar-refractivity contribution is 6.03. The van der Waals surface area contributed by atoms with Crippen LogP contribution >= 0.6 is 0 Å². The molecule has 2 aromatic carbocycles. The molecule has 6 heteroatoms. The zero-order valence-electron chi connectivity index (χ0n) is 17.2. The second-order valence-corrected chi connectivity index (χ2v) is 8.26. The largest absolute Gasteiger partial charge is 0.454 e. The van der Waals surface area contributed by atoms with Crippen molar-refractivity contribution >= 4 is 17.6 Å². The highest BCUT2D eigenvalue weighted by atomic mass is 16.5. The van der Waals surface area contributed by atoms with Crippen LogP contribution in [0.15, 0.2) is 53.5 Å². The maximum Gasteiger partial charge on any atom is 0.317 e. The molecular formula is C24H28N4O2. The third-order valence-corrected chi connectivity index (χ3v) is 6.24. The lowest BCUT2D eigenvalue weighted by Crippen LogP contribution is -2.54. The maximum absolute atomic E-state index is 12.7. The summed E-state index contributed by atoms with van der Waals surface area (Å²) in [6.07, 6.45) is 5.96. The number of benzene rings is 2. The predicted octanol–water partition coefficient (Wildman–Crippen LogP) is 4.53. The lowest BCUT2D eigenvalue weighted by Gasteiger charge is -2.37. The lowest BCUT2D eigenvalue weighted by atomic mass is 9.96. The van der Waals surface area contributed by atoms with Crippen LogP contribution in [0.3, 0.4) is 0 Å². The summed E-state index contributed by atoms with van der Waals surface area (Å²) in [4.78, 5) is 21.9. The van der Waals surface area contributed by atoms with Crippen molar-refractivity contribution in [2.24, 2.45) is 4.99 Å². The van der Waals surface area contributed by atoms with E-state index >= 15 is 0 Å². The molecule has 1 N–H and O–H groups in total. The number of piperazine rings is 1. The molecule has 0 atom stereocenters. The number of amides is 2. The normalized spacial score (nSPS) is 19.1. The van der Waals surface area contributed by atoms with Crippen LogP contribution in [-0.4, -0.2) is 53.9 Å². The Kier molecular flexibility index (Phi) is 5.30. The average molecular weight is 405 g/mol. The minimum Gasteiger partial charge on any atom is -0.454 e. The molecule has 0 radical (unpaired) electrons. The number of nitrogens with one attached hydrogen (secondary N) is 1. The molecular weight excluding hydrogens is 376 g/mol. The lowest BCUT2D eigenvalue weighted by molar-refractivity contribution is 0.164. The van der Waals surface area contributed by atoms with Crippen molar-refractivity contribution < 1.29 is 9.53 Å². The van der Waals surface area contributed by atoms with Crippen molar-refractivity contribution in [3.8, 4) is 11.5 Å². The Morgan fingerprint density at radius 1 is 0.900 bits per heavy atom. The van der Waals surface area contributed by atoms with Crippen LogP contribution in [0.5, 0.6) is 11.5 Å². The Morgan fingerprint density at radius 2 is 1.60 bits per heavy atom. The van der Waals surface area contributed by atoms with Crippen LogP contribution in [0.1, 0.15) is 37.7 Å². The Morgan fingerprint density at radius 3 is 2.40 bits per heavy atom. The van der Waals surface area contributed by atoms with E-state index in [-0.39, 0.29) is 6.03 Å². The van der Waals surface area contributed by atoms with Crippen LogP contribution < -0.4 is 10.1 Å². The Balaban J connectivity index is 1.31. The highest BCUT2D eigenvalue weighted by Gasteiger charge is 2.28. The standard InChI is InChI=1S/C24H28N4O2/c29-24(25-18-8-2-1-3-9-18)28-16-14-27(15-17-28)23-19-10-4-6-12-21(19)30-22-13-7-5-11-20(22)26-23/h4-7,10-13,18H,1-3,8-9,14-17H2,(H,25,29). The molecule has 1 saturated carbocycles. The Hall–Kier alpha value is -3.02. The van der Waals surface area contributed by atoms with Gasteiger partial charge in [-0.15, -0.1) is 0 Å². The Bertz CT molecular complexity index is 944. The van der Waals surface area contributed by atoms with E-state index in [1.165, 1.54) is 19.3 Å². The first-order valence-electron chi connectivity index (χ1n) is 11.0. The van der Waals surface area contributed by atoms with E-state index in [9.17, 15) is 4.79 Å². The summed E-state index contributed by atoms with van der Waals surface area (Å²) in [6.45, 7) is 2.91. The number of hydrogen-bond acceptors (Lipinski definition) is 4. The van der Waals surface area contributed by atoms with Gasteiger partial charge in [-0.05, 0) is 37.1 Å². The number of ether oxygens (including phenoxy) is 1.